The molecule has 1 saturated carbocycles. The summed E-state index contributed by atoms with van der Waals surface area (Å²) in [4.78, 5) is 23.8. The van der Waals surface area contributed by atoms with Gasteiger partial charge < -0.3 is 4.90 Å². The van der Waals surface area contributed by atoms with Crippen molar-refractivity contribution in [2.24, 2.45) is 5.92 Å². The Kier molecular flexibility index (Phi) is 3.85. The highest BCUT2D eigenvalue weighted by atomic mass is 16.2. The number of pyridine rings is 1. The van der Waals surface area contributed by atoms with Crippen LogP contribution >= 0.6 is 0 Å². The van der Waals surface area contributed by atoms with E-state index in [4.69, 9.17) is 4.98 Å². The van der Waals surface area contributed by atoms with Crippen molar-refractivity contribution in [3.8, 4) is 5.82 Å². The van der Waals surface area contributed by atoms with Gasteiger partial charge >= 0.3 is 0 Å². The third-order valence-corrected chi connectivity index (χ3v) is 5.11. The van der Waals surface area contributed by atoms with Crippen LogP contribution in [0.4, 0.5) is 0 Å². The molecule has 1 atom stereocenters. The van der Waals surface area contributed by atoms with E-state index in [1.807, 2.05) is 29.0 Å². The minimum absolute atomic E-state index is 0.131. The maximum absolute atomic E-state index is 12.8. The molecule has 3 heterocycles. The predicted octanol–water partition coefficient (Wildman–Crippen LogP) is 3.12. The summed E-state index contributed by atoms with van der Waals surface area (Å²) < 4.78 is 1.90. The highest BCUT2D eigenvalue weighted by Crippen LogP contribution is 2.35. The lowest BCUT2D eigenvalue weighted by atomic mass is 10.0. The Bertz CT molecular complexity index is 676. The van der Waals surface area contributed by atoms with Crippen molar-refractivity contribution in [3.63, 3.8) is 0 Å². The average Bonchev–Trinajstić information content (AvgIpc) is 3.36. The molecule has 2 aromatic heterocycles. The number of hydrogen-bond donors (Lipinski definition) is 0. The van der Waals surface area contributed by atoms with Crippen LogP contribution in [0, 0.1) is 5.92 Å². The van der Waals surface area contributed by atoms with Gasteiger partial charge in [-0.2, -0.15) is 0 Å². The van der Waals surface area contributed by atoms with Gasteiger partial charge in [0, 0.05) is 24.9 Å². The molecule has 4 rings (SSSR count). The number of carbonyl (C=O) groups excluding carboxylic acids is 1. The number of aromatic nitrogens is 3. The Morgan fingerprint density at radius 3 is 2.78 bits per heavy atom. The third-order valence-electron chi connectivity index (χ3n) is 5.11. The van der Waals surface area contributed by atoms with E-state index in [1.165, 1.54) is 12.8 Å². The van der Waals surface area contributed by atoms with Gasteiger partial charge in [-0.05, 0) is 37.8 Å². The van der Waals surface area contributed by atoms with Crippen molar-refractivity contribution in [2.45, 2.75) is 44.6 Å². The van der Waals surface area contributed by atoms with E-state index in [2.05, 4.69) is 9.88 Å². The number of likely N-dealkylation sites (tertiary alicyclic amines) is 1. The molecule has 0 bridgehead atoms. The van der Waals surface area contributed by atoms with Crippen molar-refractivity contribution < 1.29 is 4.79 Å². The van der Waals surface area contributed by atoms with E-state index in [1.54, 1.807) is 12.5 Å². The SMILES string of the molecule is O=C(C1CCCC1)N1CCC[C@H]1c1cccc(-n2ccnc2)n1. The van der Waals surface area contributed by atoms with Crippen molar-refractivity contribution in [1.29, 1.82) is 0 Å². The summed E-state index contributed by atoms with van der Waals surface area (Å²) in [5, 5.41) is 0. The normalized spacial score (nSPS) is 21.9. The molecular weight excluding hydrogens is 288 g/mol. The molecule has 1 amide bonds. The van der Waals surface area contributed by atoms with E-state index in [9.17, 15) is 4.79 Å². The molecule has 1 aliphatic carbocycles. The van der Waals surface area contributed by atoms with Crippen molar-refractivity contribution in [3.05, 3.63) is 42.6 Å². The summed E-state index contributed by atoms with van der Waals surface area (Å²) in [6.07, 6.45) is 12.0. The lowest BCUT2D eigenvalue weighted by Gasteiger charge is -2.27. The number of imidazole rings is 1. The predicted molar refractivity (Wildman–Crippen MR) is 87.0 cm³/mol. The molecule has 2 fully saturated rings. The van der Waals surface area contributed by atoms with Crippen LogP contribution < -0.4 is 0 Å². The second-order valence-corrected chi connectivity index (χ2v) is 6.56. The van der Waals surface area contributed by atoms with Crippen molar-refractivity contribution >= 4 is 5.91 Å². The third kappa shape index (κ3) is 2.76. The zero-order valence-corrected chi connectivity index (χ0v) is 13.3. The van der Waals surface area contributed by atoms with Crippen LogP contribution in [0.3, 0.4) is 0 Å². The van der Waals surface area contributed by atoms with E-state index >= 15 is 0 Å². The van der Waals surface area contributed by atoms with Crippen LogP contribution in [-0.4, -0.2) is 31.9 Å². The monoisotopic (exact) mass is 310 g/mol. The molecule has 23 heavy (non-hydrogen) atoms. The van der Waals surface area contributed by atoms with Gasteiger partial charge in [-0.25, -0.2) is 9.97 Å². The largest absolute Gasteiger partial charge is 0.334 e. The van der Waals surface area contributed by atoms with Crippen LogP contribution in [0.1, 0.15) is 50.3 Å². The maximum atomic E-state index is 12.8. The van der Waals surface area contributed by atoms with Gasteiger partial charge in [0.05, 0.1) is 11.7 Å². The summed E-state index contributed by atoms with van der Waals surface area (Å²) >= 11 is 0. The van der Waals surface area contributed by atoms with Crippen molar-refractivity contribution in [2.75, 3.05) is 6.54 Å². The van der Waals surface area contributed by atoms with Gasteiger partial charge in [0.15, 0.2) is 0 Å². The minimum Gasteiger partial charge on any atom is -0.334 e. The number of carbonyl (C=O) groups is 1. The van der Waals surface area contributed by atoms with E-state index in [-0.39, 0.29) is 12.0 Å². The molecule has 1 saturated heterocycles. The molecule has 0 radical (unpaired) electrons. The molecule has 0 spiro atoms. The fourth-order valence-electron chi connectivity index (χ4n) is 3.91. The lowest BCUT2D eigenvalue weighted by Crippen LogP contribution is -2.35. The summed E-state index contributed by atoms with van der Waals surface area (Å²) in [5.74, 6) is 1.45. The Balaban J connectivity index is 1.59. The topological polar surface area (TPSA) is 51.0 Å². The fraction of sp³-hybridized carbons (Fsp3) is 0.500. The zero-order chi connectivity index (χ0) is 15.6. The Morgan fingerprint density at radius 1 is 1.13 bits per heavy atom. The molecule has 5 heteroatoms. The first-order chi connectivity index (χ1) is 11.3. The molecular formula is C18H22N4O. The smallest absolute Gasteiger partial charge is 0.226 e. The van der Waals surface area contributed by atoms with E-state index in [0.717, 1.165) is 43.7 Å². The summed E-state index contributed by atoms with van der Waals surface area (Å²) in [6, 6.07) is 6.18. The molecule has 0 N–H and O–H groups in total. The molecule has 0 aromatic carbocycles. The van der Waals surface area contributed by atoms with Crippen LogP contribution in [-0.2, 0) is 4.79 Å². The van der Waals surface area contributed by atoms with Gasteiger partial charge in [0.2, 0.25) is 5.91 Å². The molecule has 5 nitrogen and oxygen atoms in total. The molecule has 2 aromatic rings. The van der Waals surface area contributed by atoms with Crippen LogP contribution in [0.2, 0.25) is 0 Å². The number of rotatable bonds is 3. The second-order valence-electron chi connectivity index (χ2n) is 6.56. The van der Waals surface area contributed by atoms with Gasteiger partial charge in [-0.3, -0.25) is 9.36 Å². The maximum Gasteiger partial charge on any atom is 0.226 e. The lowest BCUT2D eigenvalue weighted by molar-refractivity contribution is -0.136. The number of nitrogens with zero attached hydrogens (tertiary/aromatic N) is 4. The standard InChI is InChI=1S/C18H22N4O/c23-18(14-5-1-2-6-14)22-11-4-8-16(22)15-7-3-9-17(20-15)21-12-10-19-13-21/h3,7,9-10,12-14,16H,1-2,4-6,8,11H2/t16-/m0/s1. The van der Waals surface area contributed by atoms with Gasteiger partial charge in [0.1, 0.15) is 12.1 Å². The molecule has 1 aliphatic heterocycles. The minimum atomic E-state index is 0.131. The highest BCUT2D eigenvalue weighted by Gasteiger charge is 2.35. The Labute approximate surface area is 136 Å². The Morgan fingerprint density at radius 2 is 2.00 bits per heavy atom. The first kappa shape index (κ1) is 14.4. The number of amides is 1. The molecule has 0 unspecified atom stereocenters. The zero-order valence-electron chi connectivity index (χ0n) is 13.3. The second kappa shape index (κ2) is 6.14. The first-order valence-electron chi connectivity index (χ1n) is 8.59. The van der Waals surface area contributed by atoms with Crippen LogP contribution in [0.5, 0.6) is 0 Å². The summed E-state index contributed by atoms with van der Waals surface area (Å²) in [5.41, 5.74) is 1.00. The van der Waals surface area contributed by atoms with Gasteiger partial charge in [0.25, 0.3) is 0 Å². The van der Waals surface area contributed by atoms with E-state index in [0.29, 0.717) is 5.91 Å². The molecule has 120 valence electrons. The highest BCUT2D eigenvalue weighted by molar-refractivity contribution is 5.79. The fourth-order valence-corrected chi connectivity index (χ4v) is 3.91. The average molecular weight is 310 g/mol. The van der Waals surface area contributed by atoms with Gasteiger partial charge in [-0.15, -0.1) is 0 Å². The summed E-state index contributed by atoms with van der Waals surface area (Å²) in [6.45, 7) is 0.872. The Hall–Kier alpha value is -2.17. The number of hydrogen-bond acceptors (Lipinski definition) is 3. The van der Waals surface area contributed by atoms with Crippen LogP contribution in [0.15, 0.2) is 36.9 Å². The first-order valence-corrected chi connectivity index (χ1v) is 8.59. The van der Waals surface area contributed by atoms with Crippen molar-refractivity contribution in [1.82, 2.24) is 19.4 Å². The van der Waals surface area contributed by atoms with Crippen LogP contribution in [0.25, 0.3) is 5.82 Å². The quantitative estimate of drug-likeness (QED) is 0.875. The van der Waals surface area contributed by atoms with Gasteiger partial charge in [-0.1, -0.05) is 18.9 Å². The summed E-state index contributed by atoms with van der Waals surface area (Å²) in [7, 11) is 0. The molecule has 2 aliphatic rings. The van der Waals surface area contributed by atoms with E-state index < -0.39 is 0 Å².